The Hall–Kier alpha value is -1.81. The van der Waals surface area contributed by atoms with E-state index in [1.807, 2.05) is 0 Å². The van der Waals surface area contributed by atoms with Crippen molar-refractivity contribution in [3.05, 3.63) is 52.9 Å². The van der Waals surface area contributed by atoms with Crippen LogP contribution < -0.4 is 10.5 Å². The average Bonchev–Trinajstić information content (AvgIpc) is 2.32. The standard InChI is InChI=1S/C12H10ClFN2O/c13-10-4-3-9(6-11(10)14)17-7-8-2-1-5-16-12(8)15/h1-6H,7H2,(H2,15,16). The van der Waals surface area contributed by atoms with Crippen molar-refractivity contribution in [1.82, 2.24) is 4.98 Å². The predicted molar refractivity (Wildman–Crippen MR) is 64.4 cm³/mol. The average molecular weight is 253 g/mol. The van der Waals surface area contributed by atoms with E-state index in [2.05, 4.69) is 4.98 Å². The maximum atomic E-state index is 13.1. The smallest absolute Gasteiger partial charge is 0.145 e. The maximum absolute atomic E-state index is 13.1. The number of hydrogen-bond donors (Lipinski definition) is 1. The summed E-state index contributed by atoms with van der Waals surface area (Å²) in [6, 6.07) is 7.83. The summed E-state index contributed by atoms with van der Waals surface area (Å²) in [6.07, 6.45) is 1.60. The van der Waals surface area contributed by atoms with Crippen LogP contribution in [0.25, 0.3) is 0 Å². The molecule has 0 unspecified atom stereocenters. The fraction of sp³-hybridized carbons (Fsp3) is 0.0833. The van der Waals surface area contributed by atoms with E-state index in [0.29, 0.717) is 11.6 Å². The van der Waals surface area contributed by atoms with Crippen LogP contribution in [0, 0.1) is 5.82 Å². The number of nitrogens with zero attached hydrogens (tertiary/aromatic N) is 1. The van der Waals surface area contributed by atoms with Gasteiger partial charge >= 0.3 is 0 Å². The highest BCUT2D eigenvalue weighted by Crippen LogP contribution is 2.21. The van der Waals surface area contributed by atoms with Crippen molar-refractivity contribution in [2.75, 3.05) is 5.73 Å². The molecule has 0 aliphatic rings. The fourth-order valence-corrected chi connectivity index (χ4v) is 1.42. The van der Waals surface area contributed by atoms with E-state index in [1.165, 1.54) is 12.1 Å². The van der Waals surface area contributed by atoms with Gasteiger partial charge in [-0.15, -0.1) is 0 Å². The van der Waals surface area contributed by atoms with Gasteiger partial charge in [-0.05, 0) is 18.2 Å². The minimum absolute atomic E-state index is 0.0678. The minimum Gasteiger partial charge on any atom is -0.489 e. The van der Waals surface area contributed by atoms with Crippen molar-refractivity contribution < 1.29 is 9.13 Å². The van der Waals surface area contributed by atoms with Crippen molar-refractivity contribution in [1.29, 1.82) is 0 Å². The first-order chi connectivity index (χ1) is 8.16. The van der Waals surface area contributed by atoms with E-state index in [9.17, 15) is 4.39 Å². The Morgan fingerprint density at radius 2 is 2.18 bits per heavy atom. The van der Waals surface area contributed by atoms with Gasteiger partial charge in [0.2, 0.25) is 0 Å². The summed E-state index contributed by atoms with van der Waals surface area (Å²) >= 11 is 5.56. The summed E-state index contributed by atoms with van der Waals surface area (Å²) in [5.74, 6) is 0.292. The maximum Gasteiger partial charge on any atom is 0.145 e. The number of nitrogens with two attached hydrogens (primary N) is 1. The summed E-state index contributed by atoms with van der Waals surface area (Å²) in [7, 11) is 0. The number of benzene rings is 1. The molecule has 0 aliphatic heterocycles. The van der Waals surface area contributed by atoms with E-state index >= 15 is 0 Å². The molecule has 0 bridgehead atoms. The zero-order valence-electron chi connectivity index (χ0n) is 8.86. The molecule has 3 nitrogen and oxygen atoms in total. The highest BCUT2D eigenvalue weighted by atomic mass is 35.5. The lowest BCUT2D eigenvalue weighted by Gasteiger charge is -2.08. The van der Waals surface area contributed by atoms with Crippen LogP contribution in [-0.2, 0) is 6.61 Å². The Kier molecular flexibility index (Phi) is 3.44. The Morgan fingerprint density at radius 1 is 1.35 bits per heavy atom. The second-order valence-electron chi connectivity index (χ2n) is 3.41. The number of pyridine rings is 1. The summed E-state index contributed by atoms with van der Waals surface area (Å²) in [5, 5.41) is 0.0678. The number of halogens is 2. The molecule has 0 atom stereocenters. The van der Waals surface area contributed by atoms with Crippen LogP contribution >= 0.6 is 11.6 Å². The molecule has 17 heavy (non-hydrogen) atoms. The summed E-state index contributed by atoms with van der Waals surface area (Å²) in [4.78, 5) is 3.93. The van der Waals surface area contributed by atoms with Gasteiger partial charge in [-0.1, -0.05) is 17.7 Å². The van der Waals surface area contributed by atoms with Crippen molar-refractivity contribution >= 4 is 17.4 Å². The number of anilines is 1. The molecular weight excluding hydrogens is 243 g/mol. The molecule has 0 aliphatic carbocycles. The van der Waals surface area contributed by atoms with E-state index < -0.39 is 5.82 Å². The summed E-state index contributed by atoms with van der Waals surface area (Å²) in [6.45, 7) is 0.237. The molecule has 0 amide bonds. The van der Waals surface area contributed by atoms with Crippen molar-refractivity contribution in [2.24, 2.45) is 0 Å². The molecule has 1 aromatic heterocycles. The Morgan fingerprint density at radius 3 is 2.88 bits per heavy atom. The van der Waals surface area contributed by atoms with Gasteiger partial charge in [0.25, 0.3) is 0 Å². The van der Waals surface area contributed by atoms with Crippen molar-refractivity contribution in [2.45, 2.75) is 6.61 Å². The molecule has 2 aromatic rings. The SMILES string of the molecule is Nc1ncccc1COc1ccc(Cl)c(F)c1. The third kappa shape index (κ3) is 2.85. The lowest BCUT2D eigenvalue weighted by molar-refractivity contribution is 0.305. The Balaban J connectivity index is 2.08. The lowest BCUT2D eigenvalue weighted by Crippen LogP contribution is -2.01. The van der Waals surface area contributed by atoms with Crippen LogP contribution in [0.1, 0.15) is 5.56 Å². The van der Waals surface area contributed by atoms with Gasteiger partial charge in [-0.3, -0.25) is 0 Å². The predicted octanol–water partition coefficient (Wildman–Crippen LogP) is 3.04. The second-order valence-corrected chi connectivity index (χ2v) is 3.82. The zero-order chi connectivity index (χ0) is 12.3. The highest BCUT2D eigenvalue weighted by molar-refractivity contribution is 6.30. The Bertz CT molecular complexity index is 534. The van der Waals surface area contributed by atoms with E-state index in [0.717, 1.165) is 5.56 Å². The van der Waals surface area contributed by atoms with Crippen molar-refractivity contribution in [3.63, 3.8) is 0 Å². The highest BCUT2D eigenvalue weighted by Gasteiger charge is 2.04. The molecule has 2 rings (SSSR count). The number of aromatic nitrogens is 1. The van der Waals surface area contributed by atoms with Crippen LogP contribution in [0.4, 0.5) is 10.2 Å². The summed E-state index contributed by atoms with van der Waals surface area (Å²) < 4.78 is 18.5. The molecule has 2 N–H and O–H groups in total. The molecule has 1 heterocycles. The van der Waals surface area contributed by atoms with Gasteiger partial charge in [-0.2, -0.15) is 0 Å². The first kappa shape index (κ1) is 11.7. The number of nitrogen functional groups attached to an aromatic ring is 1. The van der Waals surface area contributed by atoms with Crippen molar-refractivity contribution in [3.8, 4) is 5.75 Å². The number of rotatable bonds is 3. The first-order valence-corrected chi connectivity index (χ1v) is 5.32. The molecule has 88 valence electrons. The third-order valence-electron chi connectivity index (χ3n) is 2.21. The monoisotopic (exact) mass is 252 g/mol. The third-order valence-corrected chi connectivity index (χ3v) is 2.52. The van der Waals surface area contributed by atoms with Gasteiger partial charge in [0.05, 0.1) is 5.02 Å². The largest absolute Gasteiger partial charge is 0.489 e. The normalized spacial score (nSPS) is 10.2. The zero-order valence-corrected chi connectivity index (χ0v) is 9.62. The molecule has 5 heteroatoms. The van der Waals surface area contributed by atoms with Crippen LogP contribution in [0.3, 0.4) is 0 Å². The lowest BCUT2D eigenvalue weighted by atomic mass is 10.3. The fourth-order valence-electron chi connectivity index (χ4n) is 1.30. The quantitative estimate of drug-likeness (QED) is 0.913. The van der Waals surface area contributed by atoms with Gasteiger partial charge < -0.3 is 10.5 Å². The molecule has 0 fully saturated rings. The number of hydrogen-bond acceptors (Lipinski definition) is 3. The van der Waals surface area contributed by atoms with Crippen LogP contribution in [0.15, 0.2) is 36.5 Å². The molecule has 0 saturated heterocycles. The molecule has 0 spiro atoms. The van der Waals surface area contributed by atoms with Crippen LogP contribution in [0.2, 0.25) is 5.02 Å². The van der Waals surface area contributed by atoms with E-state index in [4.69, 9.17) is 22.1 Å². The first-order valence-electron chi connectivity index (χ1n) is 4.94. The topological polar surface area (TPSA) is 48.1 Å². The minimum atomic E-state index is -0.511. The number of ether oxygens (including phenoxy) is 1. The van der Waals surface area contributed by atoms with Crippen LogP contribution in [-0.4, -0.2) is 4.98 Å². The van der Waals surface area contributed by atoms with E-state index in [-0.39, 0.29) is 11.6 Å². The van der Waals surface area contributed by atoms with Gasteiger partial charge in [-0.25, -0.2) is 9.37 Å². The molecule has 1 aromatic carbocycles. The van der Waals surface area contributed by atoms with Gasteiger partial charge in [0.15, 0.2) is 0 Å². The van der Waals surface area contributed by atoms with Crippen LogP contribution in [0.5, 0.6) is 5.75 Å². The molecule has 0 saturated carbocycles. The van der Waals surface area contributed by atoms with E-state index in [1.54, 1.807) is 24.4 Å². The van der Waals surface area contributed by atoms with Gasteiger partial charge in [0.1, 0.15) is 24.0 Å². The Labute approximate surface area is 103 Å². The van der Waals surface area contributed by atoms with Gasteiger partial charge in [0, 0.05) is 17.8 Å². The summed E-state index contributed by atoms with van der Waals surface area (Å²) in [5.41, 5.74) is 6.41. The molecular formula is C12H10ClFN2O. The molecule has 0 radical (unpaired) electrons. The second kappa shape index (κ2) is 5.01.